The van der Waals surface area contributed by atoms with Crippen LogP contribution < -0.4 is 4.74 Å². The Bertz CT molecular complexity index is 1100. The van der Waals surface area contributed by atoms with Crippen molar-refractivity contribution < 1.29 is 22.9 Å². The van der Waals surface area contributed by atoms with Gasteiger partial charge in [0.1, 0.15) is 17.3 Å². The van der Waals surface area contributed by atoms with Crippen molar-refractivity contribution in [3.8, 4) is 17.1 Å². The number of rotatable bonds is 7. The molecule has 0 radical (unpaired) electrons. The monoisotopic (exact) mass is 406 g/mol. The van der Waals surface area contributed by atoms with Gasteiger partial charge in [0.2, 0.25) is 0 Å². The lowest BCUT2D eigenvalue weighted by atomic mass is 10.1. The first-order valence-corrected chi connectivity index (χ1v) is 9.29. The van der Waals surface area contributed by atoms with Crippen LogP contribution in [0.5, 0.6) is 5.75 Å². The first kappa shape index (κ1) is 19.4. The van der Waals surface area contributed by atoms with Gasteiger partial charge >= 0.3 is 0 Å². The normalized spacial score (nSPS) is 10.7. The number of benzene rings is 2. The van der Waals surface area contributed by atoms with Gasteiger partial charge in [-0.25, -0.2) is 4.39 Å². The van der Waals surface area contributed by atoms with Crippen molar-refractivity contribution in [3.05, 3.63) is 95.8 Å². The van der Waals surface area contributed by atoms with Crippen molar-refractivity contribution in [2.75, 3.05) is 7.11 Å². The fourth-order valence-corrected chi connectivity index (χ4v) is 3.03. The van der Waals surface area contributed by atoms with Gasteiger partial charge in [-0.1, -0.05) is 17.3 Å². The third kappa shape index (κ3) is 4.41. The van der Waals surface area contributed by atoms with Gasteiger partial charge in [0, 0.05) is 18.2 Å². The number of aromatic nitrogens is 1. The number of ether oxygens (including phenoxy) is 1. The lowest BCUT2D eigenvalue weighted by Gasteiger charge is -2.20. The zero-order valence-corrected chi connectivity index (χ0v) is 16.2. The highest BCUT2D eigenvalue weighted by atomic mass is 19.1. The molecule has 0 aliphatic carbocycles. The largest absolute Gasteiger partial charge is 0.497 e. The third-order valence-corrected chi connectivity index (χ3v) is 4.60. The Kier molecular flexibility index (Phi) is 5.61. The van der Waals surface area contributed by atoms with Gasteiger partial charge in [-0.15, -0.1) is 0 Å². The Morgan fingerprint density at radius 2 is 1.83 bits per heavy atom. The number of carbonyl (C=O) groups is 1. The van der Waals surface area contributed by atoms with Gasteiger partial charge < -0.3 is 18.6 Å². The zero-order chi connectivity index (χ0) is 20.9. The summed E-state index contributed by atoms with van der Waals surface area (Å²) >= 11 is 0. The molecule has 0 atom stereocenters. The molecule has 4 rings (SSSR count). The number of furan rings is 1. The lowest BCUT2D eigenvalue weighted by Crippen LogP contribution is -2.30. The van der Waals surface area contributed by atoms with E-state index in [0.29, 0.717) is 11.5 Å². The number of amides is 1. The summed E-state index contributed by atoms with van der Waals surface area (Å²) in [5.74, 6) is 1.17. The zero-order valence-electron chi connectivity index (χ0n) is 16.2. The van der Waals surface area contributed by atoms with E-state index in [9.17, 15) is 9.18 Å². The molecule has 0 saturated heterocycles. The second-order valence-corrected chi connectivity index (χ2v) is 6.67. The Hall–Kier alpha value is -3.87. The molecule has 0 fully saturated rings. The molecule has 152 valence electrons. The van der Waals surface area contributed by atoms with Crippen molar-refractivity contribution >= 4 is 5.91 Å². The van der Waals surface area contributed by atoms with E-state index in [1.165, 1.54) is 12.1 Å². The van der Waals surface area contributed by atoms with Crippen molar-refractivity contribution in [2.45, 2.75) is 13.1 Å². The van der Waals surface area contributed by atoms with E-state index in [4.69, 9.17) is 13.7 Å². The van der Waals surface area contributed by atoms with Gasteiger partial charge in [-0.3, -0.25) is 4.79 Å². The van der Waals surface area contributed by atoms with Gasteiger partial charge in [-0.2, -0.15) is 0 Å². The van der Waals surface area contributed by atoms with Gasteiger partial charge in [0.25, 0.3) is 5.91 Å². The van der Waals surface area contributed by atoms with Crippen LogP contribution in [0.15, 0.2) is 81.9 Å². The molecule has 6 nitrogen and oxygen atoms in total. The molecule has 30 heavy (non-hydrogen) atoms. The van der Waals surface area contributed by atoms with E-state index in [-0.39, 0.29) is 30.5 Å². The predicted molar refractivity (Wildman–Crippen MR) is 107 cm³/mol. The number of halogens is 1. The summed E-state index contributed by atoms with van der Waals surface area (Å²) in [6.07, 6.45) is 1.55. The van der Waals surface area contributed by atoms with E-state index in [0.717, 1.165) is 16.9 Å². The van der Waals surface area contributed by atoms with Crippen LogP contribution in [0.25, 0.3) is 11.3 Å². The Morgan fingerprint density at radius 3 is 2.50 bits per heavy atom. The van der Waals surface area contributed by atoms with Crippen LogP contribution in [-0.2, 0) is 13.1 Å². The number of carbonyl (C=O) groups excluding carboxylic acids is 1. The molecule has 0 unspecified atom stereocenters. The van der Waals surface area contributed by atoms with Crippen LogP contribution >= 0.6 is 0 Å². The summed E-state index contributed by atoms with van der Waals surface area (Å²) in [5.41, 5.74) is 1.74. The van der Waals surface area contributed by atoms with E-state index < -0.39 is 0 Å². The van der Waals surface area contributed by atoms with Gasteiger partial charge in [0.05, 0.1) is 19.9 Å². The van der Waals surface area contributed by atoms with E-state index in [2.05, 4.69) is 5.16 Å². The maximum absolute atomic E-state index is 13.2. The molecule has 0 spiro atoms. The Labute approximate surface area is 172 Å². The SMILES string of the molecule is COc1ccc(-c2cc(C(=O)N(Cc3ccc(F)cc3)Cc3ccco3)no2)cc1. The minimum atomic E-state index is -0.330. The van der Waals surface area contributed by atoms with Crippen LogP contribution in [0.4, 0.5) is 4.39 Å². The summed E-state index contributed by atoms with van der Waals surface area (Å²) in [4.78, 5) is 14.7. The highest BCUT2D eigenvalue weighted by molar-refractivity contribution is 5.93. The maximum Gasteiger partial charge on any atom is 0.276 e. The maximum atomic E-state index is 13.2. The van der Waals surface area contributed by atoms with Gasteiger partial charge in [0.15, 0.2) is 11.5 Å². The fraction of sp³-hybridized carbons (Fsp3) is 0.130. The average Bonchev–Trinajstić information content (AvgIpc) is 3.47. The summed E-state index contributed by atoms with van der Waals surface area (Å²) in [6.45, 7) is 0.512. The topological polar surface area (TPSA) is 68.7 Å². The number of methoxy groups -OCH3 is 1. The van der Waals surface area contributed by atoms with Crippen LogP contribution in [0.2, 0.25) is 0 Å². The van der Waals surface area contributed by atoms with Crippen LogP contribution in [0.1, 0.15) is 21.8 Å². The summed E-state index contributed by atoms with van der Waals surface area (Å²) in [6, 6.07) is 18.4. The number of nitrogens with zero attached hydrogens (tertiary/aromatic N) is 2. The first-order chi connectivity index (χ1) is 14.6. The van der Waals surface area contributed by atoms with E-state index in [1.54, 1.807) is 60.7 Å². The van der Waals surface area contributed by atoms with Gasteiger partial charge in [-0.05, 0) is 54.1 Å². The highest BCUT2D eigenvalue weighted by Gasteiger charge is 2.22. The third-order valence-electron chi connectivity index (χ3n) is 4.60. The molecule has 2 aromatic heterocycles. The molecule has 0 aliphatic heterocycles. The molecule has 0 saturated carbocycles. The number of hydrogen-bond acceptors (Lipinski definition) is 5. The molecule has 2 heterocycles. The van der Waals surface area contributed by atoms with Crippen molar-refractivity contribution in [1.29, 1.82) is 0 Å². The molecular formula is C23H19FN2O4. The van der Waals surface area contributed by atoms with Crippen LogP contribution in [0, 0.1) is 5.82 Å². The van der Waals surface area contributed by atoms with E-state index in [1.807, 2.05) is 12.1 Å². The molecule has 0 bridgehead atoms. The lowest BCUT2D eigenvalue weighted by molar-refractivity contribution is 0.0707. The molecule has 7 heteroatoms. The standard InChI is InChI=1S/C23H19FN2O4/c1-28-19-10-6-17(7-11-19)22-13-21(25-30-22)23(27)26(15-20-3-2-12-29-20)14-16-4-8-18(24)9-5-16/h2-13H,14-15H2,1H3. The minimum absolute atomic E-state index is 0.175. The predicted octanol–water partition coefficient (Wildman–Crippen LogP) is 4.92. The fourth-order valence-electron chi connectivity index (χ4n) is 3.03. The second kappa shape index (κ2) is 8.65. The van der Waals surface area contributed by atoms with Crippen molar-refractivity contribution in [3.63, 3.8) is 0 Å². The van der Waals surface area contributed by atoms with Crippen molar-refractivity contribution in [1.82, 2.24) is 10.1 Å². The van der Waals surface area contributed by atoms with E-state index >= 15 is 0 Å². The average molecular weight is 406 g/mol. The summed E-state index contributed by atoms with van der Waals surface area (Å²) < 4.78 is 29.2. The first-order valence-electron chi connectivity index (χ1n) is 9.29. The van der Waals surface area contributed by atoms with Crippen LogP contribution in [-0.4, -0.2) is 23.1 Å². The van der Waals surface area contributed by atoms with Crippen LogP contribution in [0.3, 0.4) is 0 Å². The molecule has 0 N–H and O–H groups in total. The summed E-state index contributed by atoms with van der Waals surface area (Å²) in [7, 11) is 1.59. The quantitative estimate of drug-likeness (QED) is 0.436. The highest BCUT2D eigenvalue weighted by Crippen LogP contribution is 2.24. The Morgan fingerprint density at radius 1 is 1.07 bits per heavy atom. The second-order valence-electron chi connectivity index (χ2n) is 6.67. The molecule has 0 aliphatic rings. The molecule has 4 aromatic rings. The molecule has 1 amide bonds. The smallest absolute Gasteiger partial charge is 0.276 e. The van der Waals surface area contributed by atoms with Crippen molar-refractivity contribution in [2.24, 2.45) is 0 Å². The molecular weight excluding hydrogens is 387 g/mol. The minimum Gasteiger partial charge on any atom is -0.497 e. The Balaban J connectivity index is 1.57. The number of hydrogen-bond donors (Lipinski definition) is 0. The molecule has 2 aromatic carbocycles. The summed E-state index contributed by atoms with van der Waals surface area (Å²) in [5, 5.41) is 3.95.